The lowest BCUT2D eigenvalue weighted by molar-refractivity contribution is -0.141. The van der Waals surface area contributed by atoms with Gasteiger partial charge in [-0.2, -0.15) is 9.40 Å². The number of aliphatic carboxylic acids is 1. The zero-order chi connectivity index (χ0) is 16.7. The van der Waals surface area contributed by atoms with Crippen LogP contribution >= 0.6 is 0 Å². The Kier molecular flexibility index (Phi) is 4.62. The van der Waals surface area contributed by atoms with Crippen molar-refractivity contribution in [1.29, 1.82) is 0 Å². The van der Waals surface area contributed by atoms with Gasteiger partial charge in [-0.3, -0.25) is 9.48 Å². The highest BCUT2D eigenvalue weighted by molar-refractivity contribution is 7.89. The zero-order valence-electron chi connectivity index (χ0n) is 13.4. The fraction of sp³-hybridized carbons (Fsp3) is 0.714. The van der Waals surface area contributed by atoms with E-state index < -0.39 is 21.9 Å². The second-order valence-electron chi connectivity index (χ2n) is 6.26. The molecule has 1 aliphatic rings. The number of carboxylic acid groups (broad SMARTS) is 1. The SMILES string of the molecule is Cc1nn(CC(C)C)c(C)c1S(=O)(=O)N1CCC(C(=O)O)C1. The van der Waals surface area contributed by atoms with Gasteiger partial charge in [-0.1, -0.05) is 13.8 Å². The first-order chi connectivity index (χ1) is 10.1. The minimum absolute atomic E-state index is 0.0336. The summed E-state index contributed by atoms with van der Waals surface area (Å²) >= 11 is 0. The normalized spacial score (nSPS) is 20.0. The topological polar surface area (TPSA) is 92.5 Å². The second kappa shape index (κ2) is 6.00. The van der Waals surface area contributed by atoms with Crippen LogP contribution < -0.4 is 0 Å². The van der Waals surface area contributed by atoms with Crippen LogP contribution in [0.2, 0.25) is 0 Å². The number of rotatable bonds is 5. The van der Waals surface area contributed by atoms with Gasteiger partial charge in [0.1, 0.15) is 4.90 Å². The molecule has 0 aromatic carbocycles. The molecule has 1 atom stereocenters. The largest absolute Gasteiger partial charge is 0.481 e. The maximum atomic E-state index is 12.8. The molecule has 1 fully saturated rings. The van der Waals surface area contributed by atoms with E-state index in [1.54, 1.807) is 18.5 Å². The Morgan fingerprint density at radius 3 is 2.55 bits per heavy atom. The predicted octanol–water partition coefficient (Wildman–Crippen LogP) is 1.25. The number of hydrogen-bond donors (Lipinski definition) is 1. The summed E-state index contributed by atoms with van der Waals surface area (Å²) < 4.78 is 28.6. The van der Waals surface area contributed by atoms with Crippen LogP contribution in [0, 0.1) is 25.7 Å². The predicted molar refractivity (Wildman–Crippen MR) is 81.0 cm³/mol. The fourth-order valence-electron chi connectivity index (χ4n) is 2.85. The Morgan fingerprint density at radius 1 is 1.41 bits per heavy atom. The van der Waals surface area contributed by atoms with Crippen molar-refractivity contribution in [1.82, 2.24) is 14.1 Å². The molecule has 0 aliphatic carbocycles. The molecule has 1 N–H and O–H groups in total. The zero-order valence-corrected chi connectivity index (χ0v) is 14.2. The number of hydrogen-bond acceptors (Lipinski definition) is 4. The van der Waals surface area contributed by atoms with Crippen molar-refractivity contribution in [2.45, 2.75) is 45.6 Å². The summed E-state index contributed by atoms with van der Waals surface area (Å²) in [7, 11) is -3.69. The van der Waals surface area contributed by atoms with Crippen LogP contribution in [0.15, 0.2) is 4.90 Å². The van der Waals surface area contributed by atoms with Crippen molar-refractivity contribution in [2.24, 2.45) is 11.8 Å². The van der Waals surface area contributed by atoms with Gasteiger partial charge >= 0.3 is 5.97 Å². The van der Waals surface area contributed by atoms with Crippen LogP contribution in [0.4, 0.5) is 0 Å². The van der Waals surface area contributed by atoms with Gasteiger partial charge in [0.15, 0.2) is 0 Å². The Bertz CT molecular complexity index is 679. The summed E-state index contributed by atoms with van der Waals surface area (Å²) in [6, 6.07) is 0. The lowest BCUT2D eigenvalue weighted by atomic mass is 10.1. The molecule has 1 aliphatic heterocycles. The number of sulfonamides is 1. The van der Waals surface area contributed by atoms with Crippen molar-refractivity contribution in [3.63, 3.8) is 0 Å². The Hall–Kier alpha value is -1.41. The summed E-state index contributed by atoms with van der Waals surface area (Å²) in [5.41, 5.74) is 1.09. The van der Waals surface area contributed by atoms with E-state index in [0.29, 0.717) is 30.3 Å². The molecule has 0 radical (unpaired) electrons. The van der Waals surface area contributed by atoms with Gasteiger partial charge in [-0.15, -0.1) is 0 Å². The highest BCUT2D eigenvalue weighted by Gasteiger charge is 2.38. The Morgan fingerprint density at radius 2 is 2.05 bits per heavy atom. The molecule has 0 bridgehead atoms. The maximum Gasteiger partial charge on any atom is 0.307 e. The van der Waals surface area contributed by atoms with Gasteiger partial charge in [0.2, 0.25) is 10.0 Å². The average molecular weight is 329 g/mol. The van der Waals surface area contributed by atoms with Crippen LogP contribution in [-0.2, 0) is 21.4 Å². The first-order valence-corrected chi connectivity index (χ1v) is 8.85. The molecule has 0 spiro atoms. The molecule has 1 aromatic rings. The molecular formula is C14H23N3O4S. The van der Waals surface area contributed by atoms with Crippen molar-refractivity contribution in [3.05, 3.63) is 11.4 Å². The molecule has 1 unspecified atom stereocenters. The maximum absolute atomic E-state index is 12.8. The van der Waals surface area contributed by atoms with Gasteiger partial charge in [-0.25, -0.2) is 8.42 Å². The van der Waals surface area contributed by atoms with Crippen molar-refractivity contribution >= 4 is 16.0 Å². The van der Waals surface area contributed by atoms with Gasteiger partial charge in [0.25, 0.3) is 0 Å². The van der Waals surface area contributed by atoms with Gasteiger partial charge in [0, 0.05) is 19.6 Å². The summed E-state index contributed by atoms with van der Waals surface area (Å²) in [5.74, 6) is -1.21. The van der Waals surface area contributed by atoms with Gasteiger partial charge in [0.05, 0.1) is 17.3 Å². The fourth-order valence-corrected chi connectivity index (χ4v) is 4.73. The number of aromatic nitrogens is 2. The number of carbonyl (C=O) groups is 1. The summed E-state index contributed by atoms with van der Waals surface area (Å²) in [6.45, 7) is 8.45. The smallest absolute Gasteiger partial charge is 0.307 e. The van der Waals surface area contributed by atoms with E-state index in [-0.39, 0.29) is 18.0 Å². The lowest BCUT2D eigenvalue weighted by Crippen LogP contribution is -2.30. The number of carboxylic acids is 1. The van der Waals surface area contributed by atoms with Gasteiger partial charge < -0.3 is 5.11 Å². The van der Waals surface area contributed by atoms with E-state index in [9.17, 15) is 13.2 Å². The third-order valence-electron chi connectivity index (χ3n) is 3.95. The monoisotopic (exact) mass is 329 g/mol. The standard InChI is InChI=1S/C14H23N3O4S/c1-9(2)7-17-11(4)13(10(3)15-17)22(20,21)16-6-5-12(8-16)14(18)19/h9,12H,5-8H2,1-4H3,(H,18,19). The molecule has 7 nitrogen and oxygen atoms in total. The highest BCUT2D eigenvalue weighted by Crippen LogP contribution is 2.28. The molecular weight excluding hydrogens is 306 g/mol. The lowest BCUT2D eigenvalue weighted by Gasteiger charge is -2.16. The van der Waals surface area contributed by atoms with E-state index in [0.717, 1.165) is 0 Å². The first kappa shape index (κ1) is 17.0. The van der Waals surface area contributed by atoms with E-state index in [4.69, 9.17) is 5.11 Å². The van der Waals surface area contributed by atoms with Crippen LogP contribution in [0.5, 0.6) is 0 Å². The third kappa shape index (κ3) is 3.03. The summed E-state index contributed by atoms with van der Waals surface area (Å²) in [5, 5.41) is 13.4. The van der Waals surface area contributed by atoms with E-state index in [1.807, 2.05) is 13.8 Å². The van der Waals surface area contributed by atoms with E-state index >= 15 is 0 Å². The molecule has 0 saturated carbocycles. The summed E-state index contributed by atoms with van der Waals surface area (Å²) in [6.07, 6.45) is 0.354. The van der Waals surface area contributed by atoms with Crippen LogP contribution in [0.1, 0.15) is 31.7 Å². The van der Waals surface area contributed by atoms with Crippen LogP contribution in [-0.4, -0.2) is 46.7 Å². The molecule has 22 heavy (non-hydrogen) atoms. The molecule has 2 heterocycles. The molecule has 2 rings (SSSR count). The van der Waals surface area contributed by atoms with Crippen molar-refractivity contribution in [2.75, 3.05) is 13.1 Å². The molecule has 0 amide bonds. The number of aryl methyl sites for hydroxylation is 1. The molecule has 8 heteroatoms. The minimum Gasteiger partial charge on any atom is -0.481 e. The van der Waals surface area contributed by atoms with E-state index in [2.05, 4.69) is 5.10 Å². The molecule has 1 saturated heterocycles. The van der Waals surface area contributed by atoms with Crippen molar-refractivity contribution in [3.8, 4) is 0 Å². The average Bonchev–Trinajstić information content (AvgIpc) is 2.95. The number of nitrogens with zero attached hydrogens (tertiary/aromatic N) is 3. The second-order valence-corrected chi connectivity index (χ2v) is 8.14. The third-order valence-corrected chi connectivity index (χ3v) is 6.07. The first-order valence-electron chi connectivity index (χ1n) is 7.41. The van der Waals surface area contributed by atoms with Crippen LogP contribution in [0.3, 0.4) is 0 Å². The Balaban J connectivity index is 2.35. The highest BCUT2D eigenvalue weighted by atomic mass is 32.2. The van der Waals surface area contributed by atoms with Gasteiger partial charge in [-0.05, 0) is 26.2 Å². The minimum atomic E-state index is -3.69. The molecule has 1 aromatic heterocycles. The van der Waals surface area contributed by atoms with Crippen LogP contribution in [0.25, 0.3) is 0 Å². The van der Waals surface area contributed by atoms with Crippen molar-refractivity contribution < 1.29 is 18.3 Å². The molecule has 124 valence electrons. The Labute approximate surface area is 131 Å². The quantitative estimate of drug-likeness (QED) is 0.877. The summed E-state index contributed by atoms with van der Waals surface area (Å²) in [4.78, 5) is 11.3. The van der Waals surface area contributed by atoms with E-state index in [1.165, 1.54) is 4.31 Å².